The molecule has 0 spiro atoms. The van der Waals surface area contributed by atoms with Crippen molar-refractivity contribution in [3.8, 4) is 11.1 Å². The molecule has 34 heavy (non-hydrogen) atoms. The van der Waals surface area contributed by atoms with Crippen molar-refractivity contribution in [2.24, 2.45) is 5.92 Å². The summed E-state index contributed by atoms with van der Waals surface area (Å²) in [6.07, 6.45) is 5.94. The SMILES string of the molecule is CC(C)C1=CCC(C(c2ccccc2)(c2ccccc2)C2c3ccccc3-c3ccccc32)=C1. The molecule has 4 aromatic carbocycles. The van der Waals surface area contributed by atoms with Gasteiger partial charge in [0.15, 0.2) is 0 Å². The Morgan fingerprint density at radius 1 is 0.618 bits per heavy atom. The van der Waals surface area contributed by atoms with E-state index in [0.717, 1.165) is 6.42 Å². The van der Waals surface area contributed by atoms with Gasteiger partial charge in [0.1, 0.15) is 0 Å². The van der Waals surface area contributed by atoms with E-state index in [1.54, 1.807) is 0 Å². The molecule has 0 fully saturated rings. The maximum absolute atomic E-state index is 2.51. The van der Waals surface area contributed by atoms with Crippen LogP contribution in [0.1, 0.15) is 48.4 Å². The van der Waals surface area contributed by atoms with Crippen molar-refractivity contribution in [3.63, 3.8) is 0 Å². The molecule has 0 aromatic heterocycles. The molecule has 2 aliphatic rings. The van der Waals surface area contributed by atoms with Crippen LogP contribution < -0.4 is 0 Å². The van der Waals surface area contributed by atoms with Crippen molar-refractivity contribution >= 4 is 0 Å². The molecular weight excluding hydrogens is 408 g/mol. The van der Waals surface area contributed by atoms with Gasteiger partial charge in [0.05, 0.1) is 5.41 Å². The van der Waals surface area contributed by atoms with Gasteiger partial charge in [0.25, 0.3) is 0 Å². The predicted molar refractivity (Wildman–Crippen MR) is 143 cm³/mol. The third kappa shape index (κ3) is 3.06. The third-order valence-corrected chi connectivity index (χ3v) is 7.80. The largest absolute Gasteiger partial charge is 0.0769 e. The number of rotatable bonds is 5. The van der Waals surface area contributed by atoms with Gasteiger partial charge in [-0.15, -0.1) is 0 Å². The van der Waals surface area contributed by atoms with Crippen molar-refractivity contribution in [2.45, 2.75) is 31.6 Å². The molecule has 4 aromatic rings. The molecule has 0 heterocycles. The maximum atomic E-state index is 2.51. The van der Waals surface area contributed by atoms with Crippen molar-refractivity contribution in [3.05, 3.63) is 155 Å². The summed E-state index contributed by atoms with van der Waals surface area (Å²) in [7, 11) is 0. The Kier molecular flexibility index (Phi) is 5.11. The van der Waals surface area contributed by atoms with Crippen LogP contribution in [0.25, 0.3) is 11.1 Å². The number of benzene rings is 4. The van der Waals surface area contributed by atoms with E-state index in [4.69, 9.17) is 0 Å². The molecule has 0 saturated carbocycles. The third-order valence-electron chi connectivity index (χ3n) is 7.80. The van der Waals surface area contributed by atoms with Crippen LogP contribution in [-0.4, -0.2) is 0 Å². The first kappa shape index (κ1) is 20.9. The highest BCUT2D eigenvalue weighted by Gasteiger charge is 2.50. The fourth-order valence-corrected chi connectivity index (χ4v) is 6.30. The summed E-state index contributed by atoms with van der Waals surface area (Å²) in [5.74, 6) is 0.723. The molecule has 0 amide bonds. The molecule has 0 unspecified atom stereocenters. The van der Waals surface area contributed by atoms with Crippen molar-refractivity contribution in [1.29, 1.82) is 0 Å². The molecule has 0 aliphatic heterocycles. The van der Waals surface area contributed by atoms with Crippen LogP contribution in [0, 0.1) is 5.92 Å². The van der Waals surface area contributed by atoms with E-state index >= 15 is 0 Å². The minimum atomic E-state index is -0.293. The zero-order valence-electron chi connectivity index (χ0n) is 19.9. The zero-order valence-corrected chi connectivity index (χ0v) is 19.9. The Balaban J connectivity index is 1.74. The molecule has 0 bridgehead atoms. The van der Waals surface area contributed by atoms with E-state index in [9.17, 15) is 0 Å². The fraction of sp³-hybridized carbons (Fsp3) is 0.176. The van der Waals surface area contributed by atoms with E-state index in [1.165, 1.54) is 44.5 Å². The van der Waals surface area contributed by atoms with Gasteiger partial charge in [-0.05, 0) is 51.3 Å². The first-order valence-electron chi connectivity index (χ1n) is 12.4. The van der Waals surface area contributed by atoms with Crippen LogP contribution in [0.15, 0.2) is 132 Å². The van der Waals surface area contributed by atoms with Gasteiger partial charge >= 0.3 is 0 Å². The quantitative estimate of drug-likeness (QED) is 0.292. The molecule has 0 radical (unpaired) electrons. The number of hydrogen-bond acceptors (Lipinski definition) is 0. The lowest BCUT2D eigenvalue weighted by Gasteiger charge is -2.43. The number of hydrogen-bond donors (Lipinski definition) is 0. The molecule has 0 atom stereocenters. The molecule has 166 valence electrons. The second-order valence-corrected chi connectivity index (χ2v) is 9.88. The van der Waals surface area contributed by atoms with Crippen molar-refractivity contribution in [2.75, 3.05) is 0 Å². The normalized spacial score (nSPS) is 15.1. The molecule has 0 nitrogen and oxygen atoms in total. The Labute approximate surface area is 203 Å². The predicted octanol–water partition coefficient (Wildman–Crippen LogP) is 8.70. The summed E-state index contributed by atoms with van der Waals surface area (Å²) in [4.78, 5) is 0. The zero-order chi connectivity index (χ0) is 23.1. The minimum absolute atomic E-state index is 0.205. The van der Waals surface area contributed by atoms with Crippen LogP contribution in [0.3, 0.4) is 0 Å². The summed E-state index contributed by atoms with van der Waals surface area (Å²) in [5.41, 5.74) is 11.0. The highest BCUT2D eigenvalue weighted by atomic mass is 14.5. The van der Waals surface area contributed by atoms with Gasteiger partial charge in [0.2, 0.25) is 0 Å². The standard InChI is InChI=1S/C34H30/c1-24(2)25-21-22-28(23-25)34(26-13-5-3-6-14-26,27-15-7-4-8-16-27)33-31-19-11-9-17-29(31)30-18-10-12-20-32(30)33/h3-21,23-24,33H,22H2,1-2H3. The maximum Gasteiger partial charge on any atom is 0.0526 e. The van der Waals surface area contributed by atoms with Gasteiger partial charge in [0, 0.05) is 5.92 Å². The van der Waals surface area contributed by atoms with E-state index < -0.39 is 0 Å². The summed E-state index contributed by atoms with van der Waals surface area (Å²) in [6.45, 7) is 4.61. The van der Waals surface area contributed by atoms with E-state index in [2.05, 4.69) is 135 Å². The lowest BCUT2D eigenvalue weighted by atomic mass is 9.58. The molecule has 2 aliphatic carbocycles. The van der Waals surface area contributed by atoms with Crippen LogP contribution in [0.4, 0.5) is 0 Å². The van der Waals surface area contributed by atoms with Crippen LogP contribution in [0.5, 0.6) is 0 Å². The molecule has 0 N–H and O–H groups in total. The van der Waals surface area contributed by atoms with Crippen molar-refractivity contribution < 1.29 is 0 Å². The van der Waals surface area contributed by atoms with E-state index in [1.807, 2.05) is 0 Å². The monoisotopic (exact) mass is 438 g/mol. The second kappa shape index (κ2) is 8.29. The Hall–Kier alpha value is -3.64. The van der Waals surface area contributed by atoms with E-state index in [0.29, 0.717) is 5.92 Å². The lowest BCUT2D eigenvalue weighted by molar-refractivity contribution is 0.527. The average molecular weight is 439 g/mol. The van der Waals surface area contributed by atoms with Gasteiger partial charge in [-0.2, -0.15) is 0 Å². The Morgan fingerprint density at radius 2 is 1.09 bits per heavy atom. The average Bonchev–Trinajstić information content (AvgIpc) is 3.51. The molecule has 6 rings (SSSR count). The number of allylic oxidation sites excluding steroid dienone is 4. The van der Waals surface area contributed by atoms with Gasteiger partial charge in [-0.25, -0.2) is 0 Å². The summed E-state index contributed by atoms with van der Waals surface area (Å²) >= 11 is 0. The molecule has 0 saturated heterocycles. The summed E-state index contributed by atoms with van der Waals surface area (Å²) in [6, 6.07) is 40.5. The molecular formula is C34H30. The van der Waals surface area contributed by atoms with Crippen LogP contribution >= 0.6 is 0 Å². The van der Waals surface area contributed by atoms with Gasteiger partial charge in [-0.3, -0.25) is 0 Å². The minimum Gasteiger partial charge on any atom is -0.0769 e. The lowest BCUT2D eigenvalue weighted by Crippen LogP contribution is -2.37. The van der Waals surface area contributed by atoms with Crippen molar-refractivity contribution in [1.82, 2.24) is 0 Å². The second-order valence-electron chi connectivity index (χ2n) is 9.88. The topological polar surface area (TPSA) is 0 Å². The van der Waals surface area contributed by atoms with Gasteiger partial charge < -0.3 is 0 Å². The fourth-order valence-electron chi connectivity index (χ4n) is 6.30. The Morgan fingerprint density at radius 3 is 1.56 bits per heavy atom. The highest BCUT2D eigenvalue weighted by Crippen LogP contribution is 2.60. The van der Waals surface area contributed by atoms with Gasteiger partial charge in [-0.1, -0.05) is 141 Å². The smallest absolute Gasteiger partial charge is 0.0526 e. The molecule has 0 heteroatoms. The van der Waals surface area contributed by atoms with Crippen LogP contribution in [0.2, 0.25) is 0 Å². The summed E-state index contributed by atoms with van der Waals surface area (Å²) in [5, 5.41) is 0. The Bertz CT molecular complexity index is 1300. The number of fused-ring (bicyclic) bond motifs is 3. The van der Waals surface area contributed by atoms with E-state index in [-0.39, 0.29) is 11.3 Å². The highest BCUT2D eigenvalue weighted by molar-refractivity contribution is 5.81. The first-order valence-corrected chi connectivity index (χ1v) is 12.4. The summed E-state index contributed by atoms with van der Waals surface area (Å²) < 4.78 is 0. The van der Waals surface area contributed by atoms with Crippen LogP contribution in [-0.2, 0) is 5.41 Å². The first-order chi connectivity index (χ1) is 16.7.